The zero-order chi connectivity index (χ0) is 13.9. The van der Waals surface area contributed by atoms with Crippen molar-refractivity contribution in [1.29, 1.82) is 0 Å². The fourth-order valence-electron chi connectivity index (χ4n) is 3.44. The van der Waals surface area contributed by atoms with Crippen molar-refractivity contribution in [1.82, 2.24) is 25.0 Å². The number of nitrogens with zero attached hydrogens (tertiary/aromatic N) is 4. The summed E-state index contributed by atoms with van der Waals surface area (Å²) in [7, 11) is 0. The number of aromatic nitrogens is 3. The van der Waals surface area contributed by atoms with Gasteiger partial charge in [0.1, 0.15) is 12.2 Å². The molecule has 7 nitrogen and oxygen atoms in total. The molecule has 1 amide bonds. The van der Waals surface area contributed by atoms with Gasteiger partial charge < -0.3 is 5.73 Å². The summed E-state index contributed by atoms with van der Waals surface area (Å²) in [4.78, 5) is 20.5. The Morgan fingerprint density at radius 1 is 1.40 bits per heavy atom. The number of hydrogen-bond acceptors (Lipinski definition) is 5. The van der Waals surface area contributed by atoms with Crippen LogP contribution >= 0.6 is 0 Å². The van der Waals surface area contributed by atoms with Crippen molar-refractivity contribution in [3.63, 3.8) is 0 Å². The third-order valence-electron chi connectivity index (χ3n) is 4.43. The molecule has 3 heterocycles. The lowest BCUT2D eigenvalue weighted by molar-refractivity contribution is -0.125. The van der Waals surface area contributed by atoms with E-state index in [1.807, 2.05) is 0 Å². The van der Waals surface area contributed by atoms with Gasteiger partial charge in [0, 0.05) is 19.1 Å². The molecule has 0 saturated carbocycles. The van der Waals surface area contributed by atoms with Gasteiger partial charge in [0.05, 0.1) is 12.6 Å². The SMILES string of the molecule is NC(=O)C1CCCCN1C1CCN(Cc2ncn[nH]2)C1. The molecule has 2 atom stereocenters. The monoisotopic (exact) mass is 278 g/mol. The fraction of sp³-hybridized carbons (Fsp3) is 0.769. The minimum absolute atomic E-state index is 0.0704. The number of likely N-dealkylation sites (tertiary alicyclic amines) is 2. The molecule has 2 aliphatic heterocycles. The van der Waals surface area contributed by atoms with Crippen LogP contribution in [0, 0.1) is 0 Å². The fourth-order valence-corrected chi connectivity index (χ4v) is 3.44. The van der Waals surface area contributed by atoms with E-state index in [2.05, 4.69) is 25.0 Å². The number of nitrogens with one attached hydrogen (secondary N) is 1. The van der Waals surface area contributed by atoms with Crippen LogP contribution in [0.3, 0.4) is 0 Å². The molecule has 2 aliphatic rings. The van der Waals surface area contributed by atoms with E-state index in [0.717, 1.165) is 51.3 Å². The number of carbonyl (C=O) groups excluding carboxylic acids is 1. The predicted octanol–water partition coefficient (Wildman–Crippen LogP) is -0.281. The van der Waals surface area contributed by atoms with Crippen LogP contribution in [-0.2, 0) is 11.3 Å². The van der Waals surface area contributed by atoms with Crippen molar-refractivity contribution < 1.29 is 4.79 Å². The van der Waals surface area contributed by atoms with Gasteiger partial charge in [-0.15, -0.1) is 0 Å². The highest BCUT2D eigenvalue weighted by Crippen LogP contribution is 2.25. The van der Waals surface area contributed by atoms with Crippen LogP contribution in [0.5, 0.6) is 0 Å². The number of amides is 1. The van der Waals surface area contributed by atoms with E-state index in [1.54, 1.807) is 0 Å². The van der Waals surface area contributed by atoms with E-state index in [4.69, 9.17) is 5.73 Å². The first-order valence-electron chi connectivity index (χ1n) is 7.35. The van der Waals surface area contributed by atoms with E-state index in [-0.39, 0.29) is 11.9 Å². The Kier molecular flexibility index (Phi) is 3.98. The molecule has 2 unspecified atom stereocenters. The van der Waals surface area contributed by atoms with Gasteiger partial charge in [-0.05, 0) is 25.8 Å². The normalized spacial score (nSPS) is 28.8. The smallest absolute Gasteiger partial charge is 0.234 e. The molecule has 20 heavy (non-hydrogen) atoms. The maximum Gasteiger partial charge on any atom is 0.234 e. The molecule has 1 aromatic heterocycles. The summed E-state index contributed by atoms with van der Waals surface area (Å²) in [5.74, 6) is 0.731. The first-order chi connectivity index (χ1) is 9.74. The van der Waals surface area contributed by atoms with Crippen LogP contribution in [0.25, 0.3) is 0 Å². The van der Waals surface area contributed by atoms with Gasteiger partial charge in [-0.2, -0.15) is 5.10 Å². The summed E-state index contributed by atoms with van der Waals surface area (Å²) in [6.07, 6.45) is 5.82. The van der Waals surface area contributed by atoms with E-state index >= 15 is 0 Å². The van der Waals surface area contributed by atoms with Crippen molar-refractivity contribution in [3.8, 4) is 0 Å². The van der Waals surface area contributed by atoms with Gasteiger partial charge in [0.25, 0.3) is 0 Å². The van der Waals surface area contributed by atoms with Crippen molar-refractivity contribution in [2.24, 2.45) is 5.73 Å². The number of rotatable bonds is 4. The minimum Gasteiger partial charge on any atom is -0.368 e. The first-order valence-corrected chi connectivity index (χ1v) is 7.35. The molecule has 3 N–H and O–H groups in total. The zero-order valence-electron chi connectivity index (χ0n) is 11.7. The standard InChI is InChI=1S/C13H22N6O/c14-13(20)11-3-1-2-5-19(11)10-4-6-18(7-10)8-12-15-9-16-17-12/h9-11H,1-8H2,(H2,14,20)(H,15,16,17). The summed E-state index contributed by atoms with van der Waals surface area (Å²) >= 11 is 0. The Balaban J connectivity index is 1.59. The van der Waals surface area contributed by atoms with Crippen LogP contribution in [0.1, 0.15) is 31.5 Å². The van der Waals surface area contributed by atoms with Crippen molar-refractivity contribution >= 4 is 5.91 Å². The van der Waals surface area contributed by atoms with Crippen molar-refractivity contribution in [3.05, 3.63) is 12.2 Å². The van der Waals surface area contributed by atoms with Gasteiger partial charge in [0.2, 0.25) is 5.91 Å². The Bertz CT molecular complexity index is 448. The number of carbonyl (C=O) groups is 1. The molecule has 2 saturated heterocycles. The maximum absolute atomic E-state index is 11.6. The van der Waals surface area contributed by atoms with Gasteiger partial charge in [-0.3, -0.25) is 19.7 Å². The molecule has 3 rings (SSSR count). The largest absolute Gasteiger partial charge is 0.368 e. The Labute approximate surface area is 118 Å². The minimum atomic E-state index is -0.168. The topological polar surface area (TPSA) is 91.1 Å². The van der Waals surface area contributed by atoms with E-state index in [0.29, 0.717) is 6.04 Å². The number of H-pyrrole nitrogens is 1. The molecule has 0 bridgehead atoms. The van der Waals surface area contributed by atoms with Crippen LogP contribution in [0.4, 0.5) is 0 Å². The van der Waals surface area contributed by atoms with E-state index in [9.17, 15) is 4.79 Å². The molecule has 110 valence electrons. The highest BCUT2D eigenvalue weighted by atomic mass is 16.1. The lowest BCUT2D eigenvalue weighted by Gasteiger charge is -2.38. The maximum atomic E-state index is 11.6. The molecule has 0 aliphatic carbocycles. The molecule has 7 heteroatoms. The lowest BCUT2D eigenvalue weighted by atomic mass is 9.99. The molecule has 0 radical (unpaired) electrons. The second kappa shape index (κ2) is 5.88. The highest BCUT2D eigenvalue weighted by Gasteiger charge is 2.35. The van der Waals surface area contributed by atoms with Gasteiger partial charge in [-0.25, -0.2) is 4.98 Å². The third-order valence-corrected chi connectivity index (χ3v) is 4.43. The molecule has 0 aromatic carbocycles. The molecule has 2 fully saturated rings. The number of nitrogens with two attached hydrogens (primary N) is 1. The van der Waals surface area contributed by atoms with Crippen LogP contribution in [0.2, 0.25) is 0 Å². The van der Waals surface area contributed by atoms with Gasteiger partial charge in [0.15, 0.2) is 0 Å². The van der Waals surface area contributed by atoms with E-state index in [1.165, 1.54) is 12.7 Å². The Morgan fingerprint density at radius 2 is 2.30 bits per heavy atom. The third kappa shape index (κ3) is 2.83. The van der Waals surface area contributed by atoms with E-state index < -0.39 is 0 Å². The number of piperidine rings is 1. The Morgan fingerprint density at radius 3 is 3.05 bits per heavy atom. The summed E-state index contributed by atoms with van der Waals surface area (Å²) in [5.41, 5.74) is 5.55. The van der Waals surface area contributed by atoms with Gasteiger partial charge >= 0.3 is 0 Å². The zero-order valence-corrected chi connectivity index (χ0v) is 11.7. The Hall–Kier alpha value is -1.47. The molecular formula is C13H22N6O. The van der Waals surface area contributed by atoms with Crippen molar-refractivity contribution in [2.45, 2.75) is 44.3 Å². The molecular weight excluding hydrogens is 256 g/mol. The predicted molar refractivity (Wildman–Crippen MR) is 73.6 cm³/mol. The quantitative estimate of drug-likeness (QED) is 0.790. The summed E-state index contributed by atoms with van der Waals surface area (Å²) in [5, 5.41) is 6.77. The molecule has 1 aromatic rings. The number of primary amides is 1. The summed E-state index contributed by atoms with van der Waals surface area (Å²) < 4.78 is 0. The second-order valence-electron chi connectivity index (χ2n) is 5.76. The average Bonchev–Trinajstić information content (AvgIpc) is 3.11. The first kappa shape index (κ1) is 13.5. The highest BCUT2D eigenvalue weighted by molar-refractivity contribution is 5.80. The lowest BCUT2D eigenvalue weighted by Crippen LogP contribution is -2.53. The summed E-state index contributed by atoms with van der Waals surface area (Å²) in [6.45, 7) is 3.80. The molecule has 0 spiro atoms. The second-order valence-corrected chi connectivity index (χ2v) is 5.76. The summed E-state index contributed by atoms with van der Waals surface area (Å²) in [6, 6.07) is 0.370. The average molecular weight is 278 g/mol. The van der Waals surface area contributed by atoms with Crippen LogP contribution in [0.15, 0.2) is 6.33 Å². The van der Waals surface area contributed by atoms with Crippen molar-refractivity contribution in [2.75, 3.05) is 19.6 Å². The number of hydrogen-bond donors (Lipinski definition) is 2. The van der Waals surface area contributed by atoms with Gasteiger partial charge in [-0.1, -0.05) is 6.42 Å². The van der Waals surface area contributed by atoms with Crippen LogP contribution in [-0.4, -0.2) is 62.6 Å². The van der Waals surface area contributed by atoms with Crippen LogP contribution < -0.4 is 5.73 Å². The number of aromatic amines is 1.